The zero-order valence-electron chi connectivity index (χ0n) is 10.7. The van der Waals surface area contributed by atoms with Crippen molar-refractivity contribution in [2.45, 2.75) is 32.7 Å². The normalized spacial score (nSPS) is 19.9. The molecule has 0 aliphatic carbocycles. The van der Waals surface area contributed by atoms with Gasteiger partial charge < -0.3 is 10.2 Å². The van der Waals surface area contributed by atoms with E-state index >= 15 is 0 Å². The molecule has 1 aliphatic rings. The topological polar surface area (TPSA) is 15.3 Å². The molecule has 1 N–H and O–H groups in total. The molecule has 1 aromatic rings. The number of aryl methyl sites for hydroxylation is 1. The molecule has 0 radical (unpaired) electrons. The van der Waals surface area contributed by atoms with Crippen LogP contribution >= 0.6 is 11.6 Å². The lowest BCUT2D eigenvalue weighted by molar-refractivity contribution is 0.549. The Morgan fingerprint density at radius 3 is 3.06 bits per heavy atom. The van der Waals surface area contributed by atoms with E-state index in [1.807, 2.05) is 0 Å². The Bertz CT molecular complexity index is 378. The lowest BCUT2D eigenvalue weighted by atomic mass is 10.2. The summed E-state index contributed by atoms with van der Waals surface area (Å²) < 4.78 is 0. The van der Waals surface area contributed by atoms with Crippen molar-refractivity contribution in [1.82, 2.24) is 5.32 Å². The van der Waals surface area contributed by atoms with Crippen LogP contribution in [0.5, 0.6) is 0 Å². The Labute approximate surface area is 109 Å². The summed E-state index contributed by atoms with van der Waals surface area (Å²) >= 11 is 6.36. The van der Waals surface area contributed by atoms with Gasteiger partial charge in [0.05, 0.1) is 10.7 Å². The first-order valence-electron chi connectivity index (χ1n) is 6.45. The minimum Gasteiger partial charge on any atom is -0.369 e. The van der Waals surface area contributed by atoms with Crippen LogP contribution in [0, 0.1) is 6.92 Å². The molecule has 94 valence electrons. The SMILES string of the molecule is CCCNC1CCN(c2cccc(C)c2Cl)C1. The number of hydrogen-bond donors (Lipinski definition) is 1. The fraction of sp³-hybridized carbons (Fsp3) is 0.571. The Balaban J connectivity index is 2.02. The average Bonchev–Trinajstić information content (AvgIpc) is 2.78. The van der Waals surface area contributed by atoms with Gasteiger partial charge in [0.2, 0.25) is 0 Å². The quantitative estimate of drug-likeness (QED) is 0.885. The van der Waals surface area contributed by atoms with E-state index in [-0.39, 0.29) is 0 Å². The zero-order valence-corrected chi connectivity index (χ0v) is 11.4. The standard InChI is InChI=1S/C14H21ClN2/c1-3-8-16-12-7-9-17(10-12)13-6-4-5-11(2)14(13)15/h4-6,12,16H,3,7-10H2,1-2H3. The van der Waals surface area contributed by atoms with Crippen LogP contribution in [0.1, 0.15) is 25.3 Å². The monoisotopic (exact) mass is 252 g/mol. The van der Waals surface area contributed by atoms with Gasteiger partial charge in [-0.05, 0) is 37.9 Å². The van der Waals surface area contributed by atoms with E-state index in [2.05, 4.69) is 42.3 Å². The molecule has 0 spiro atoms. The van der Waals surface area contributed by atoms with Crippen LogP contribution in [0.3, 0.4) is 0 Å². The molecule has 1 atom stereocenters. The first kappa shape index (κ1) is 12.7. The molecule has 1 fully saturated rings. The summed E-state index contributed by atoms with van der Waals surface area (Å²) in [5.41, 5.74) is 2.35. The van der Waals surface area contributed by atoms with Gasteiger partial charge in [0.25, 0.3) is 0 Å². The van der Waals surface area contributed by atoms with E-state index in [1.54, 1.807) is 0 Å². The van der Waals surface area contributed by atoms with Crippen LogP contribution < -0.4 is 10.2 Å². The number of anilines is 1. The van der Waals surface area contributed by atoms with Gasteiger partial charge in [-0.1, -0.05) is 30.7 Å². The summed E-state index contributed by atoms with van der Waals surface area (Å²) in [6, 6.07) is 6.89. The number of halogens is 1. The van der Waals surface area contributed by atoms with Gasteiger partial charge in [0, 0.05) is 19.1 Å². The fourth-order valence-corrected chi connectivity index (χ4v) is 2.62. The van der Waals surface area contributed by atoms with E-state index in [0.29, 0.717) is 6.04 Å². The minimum atomic E-state index is 0.617. The van der Waals surface area contributed by atoms with Crippen LogP contribution in [0.25, 0.3) is 0 Å². The van der Waals surface area contributed by atoms with E-state index < -0.39 is 0 Å². The van der Waals surface area contributed by atoms with E-state index in [4.69, 9.17) is 11.6 Å². The molecule has 1 aliphatic heterocycles. The highest BCUT2D eigenvalue weighted by Crippen LogP contribution is 2.31. The maximum atomic E-state index is 6.36. The molecule has 2 nitrogen and oxygen atoms in total. The van der Waals surface area contributed by atoms with Crippen LogP contribution in [-0.4, -0.2) is 25.7 Å². The minimum absolute atomic E-state index is 0.617. The molecule has 1 unspecified atom stereocenters. The second kappa shape index (κ2) is 5.74. The van der Waals surface area contributed by atoms with Gasteiger partial charge in [0.1, 0.15) is 0 Å². The Hall–Kier alpha value is -0.730. The fourth-order valence-electron chi connectivity index (χ4n) is 2.37. The molecule has 0 bridgehead atoms. The predicted octanol–water partition coefficient (Wildman–Crippen LogP) is 3.23. The van der Waals surface area contributed by atoms with Crippen molar-refractivity contribution in [2.24, 2.45) is 0 Å². The Morgan fingerprint density at radius 1 is 1.47 bits per heavy atom. The summed E-state index contributed by atoms with van der Waals surface area (Å²) in [5, 5.41) is 4.49. The van der Waals surface area contributed by atoms with E-state index in [9.17, 15) is 0 Å². The number of rotatable bonds is 4. The maximum Gasteiger partial charge on any atom is 0.0668 e. The smallest absolute Gasteiger partial charge is 0.0668 e. The van der Waals surface area contributed by atoms with Crippen molar-refractivity contribution in [1.29, 1.82) is 0 Å². The molecule has 0 saturated carbocycles. The van der Waals surface area contributed by atoms with Crippen molar-refractivity contribution in [2.75, 3.05) is 24.5 Å². The number of benzene rings is 1. The van der Waals surface area contributed by atoms with Gasteiger partial charge in [-0.25, -0.2) is 0 Å². The largest absolute Gasteiger partial charge is 0.369 e. The van der Waals surface area contributed by atoms with Crippen molar-refractivity contribution >= 4 is 17.3 Å². The van der Waals surface area contributed by atoms with Gasteiger partial charge in [0.15, 0.2) is 0 Å². The van der Waals surface area contributed by atoms with Crippen LogP contribution in [0.15, 0.2) is 18.2 Å². The van der Waals surface area contributed by atoms with Crippen LogP contribution in [-0.2, 0) is 0 Å². The molecule has 1 saturated heterocycles. The molecule has 0 amide bonds. The maximum absolute atomic E-state index is 6.36. The second-order valence-corrected chi connectivity index (χ2v) is 5.17. The molecule has 0 aromatic heterocycles. The Kier molecular flexibility index (Phi) is 4.30. The van der Waals surface area contributed by atoms with Gasteiger partial charge in [-0.15, -0.1) is 0 Å². The summed E-state index contributed by atoms with van der Waals surface area (Å²) in [7, 11) is 0. The average molecular weight is 253 g/mol. The number of nitrogens with one attached hydrogen (secondary N) is 1. The van der Waals surface area contributed by atoms with Crippen LogP contribution in [0.4, 0.5) is 5.69 Å². The first-order chi connectivity index (χ1) is 8.22. The third kappa shape index (κ3) is 2.93. The summed E-state index contributed by atoms with van der Waals surface area (Å²) in [6.07, 6.45) is 2.41. The summed E-state index contributed by atoms with van der Waals surface area (Å²) in [6.45, 7) is 7.56. The van der Waals surface area contributed by atoms with Gasteiger partial charge >= 0.3 is 0 Å². The third-order valence-corrected chi connectivity index (χ3v) is 3.88. The highest BCUT2D eigenvalue weighted by Gasteiger charge is 2.23. The number of hydrogen-bond acceptors (Lipinski definition) is 2. The molecule has 2 rings (SSSR count). The second-order valence-electron chi connectivity index (χ2n) is 4.79. The van der Waals surface area contributed by atoms with Crippen LogP contribution in [0.2, 0.25) is 5.02 Å². The Morgan fingerprint density at radius 2 is 2.29 bits per heavy atom. The molecule has 17 heavy (non-hydrogen) atoms. The molecular weight excluding hydrogens is 232 g/mol. The highest BCUT2D eigenvalue weighted by molar-refractivity contribution is 6.34. The third-order valence-electron chi connectivity index (χ3n) is 3.38. The lowest BCUT2D eigenvalue weighted by Gasteiger charge is -2.21. The first-order valence-corrected chi connectivity index (χ1v) is 6.83. The van der Waals surface area contributed by atoms with Crippen molar-refractivity contribution < 1.29 is 0 Å². The van der Waals surface area contributed by atoms with Gasteiger partial charge in [-0.3, -0.25) is 0 Å². The van der Waals surface area contributed by atoms with Gasteiger partial charge in [-0.2, -0.15) is 0 Å². The van der Waals surface area contributed by atoms with E-state index in [1.165, 1.54) is 18.5 Å². The van der Waals surface area contributed by atoms with Crippen molar-refractivity contribution in [3.05, 3.63) is 28.8 Å². The van der Waals surface area contributed by atoms with Crippen molar-refractivity contribution in [3.8, 4) is 0 Å². The number of nitrogens with zero attached hydrogens (tertiary/aromatic N) is 1. The van der Waals surface area contributed by atoms with Crippen molar-refractivity contribution in [3.63, 3.8) is 0 Å². The molecule has 3 heteroatoms. The van der Waals surface area contributed by atoms with E-state index in [0.717, 1.165) is 30.2 Å². The molecule has 1 heterocycles. The lowest BCUT2D eigenvalue weighted by Crippen LogP contribution is -2.33. The predicted molar refractivity (Wildman–Crippen MR) is 75.1 cm³/mol. The molecule has 1 aromatic carbocycles. The summed E-state index contributed by atoms with van der Waals surface area (Å²) in [4.78, 5) is 2.39. The zero-order chi connectivity index (χ0) is 12.3. The molecular formula is C14H21ClN2. The summed E-state index contributed by atoms with van der Waals surface area (Å²) in [5.74, 6) is 0. The highest BCUT2D eigenvalue weighted by atomic mass is 35.5.